The molecule has 0 radical (unpaired) electrons. The Bertz CT molecular complexity index is 770. The van der Waals surface area contributed by atoms with Gasteiger partial charge in [0, 0.05) is 23.4 Å². The lowest BCUT2D eigenvalue weighted by atomic mass is 9.95. The van der Waals surface area contributed by atoms with Crippen molar-refractivity contribution >= 4 is 34.9 Å². The Hall–Kier alpha value is -2.53. The van der Waals surface area contributed by atoms with Gasteiger partial charge in [0.1, 0.15) is 0 Å². The van der Waals surface area contributed by atoms with Crippen LogP contribution in [0.3, 0.4) is 0 Å². The lowest BCUT2D eigenvalue weighted by Gasteiger charge is -2.16. The number of nitrogens with one attached hydrogen (secondary N) is 3. The van der Waals surface area contributed by atoms with Crippen LogP contribution in [-0.2, 0) is 10.2 Å². The largest absolute Gasteiger partial charge is 0.341 e. The molecule has 0 aliphatic heterocycles. The van der Waals surface area contributed by atoms with Crippen LogP contribution in [0.25, 0.3) is 0 Å². The third-order valence-corrected chi connectivity index (χ3v) is 4.42. The van der Waals surface area contributed by atoms with Gasteiger partial charge in [-0.25, -0.2) is 4.79 Å². The van der Waals surface area contributed by atoms with Crippen molar-refractivity contribution in [3.05, 3.63) is 59.1 Å². The highest BCUT2D eigenvalue weighted by atomic mass is 35.5. The van der Waals surface area contributed by atoms with E-state index in [-0.39, 0.29) is 11.9 Å². The van der Waals surface area contributed by atoms with Crippen molar-refractivity contribution in [2.24, 2.45) is 0 Å². The van der Waals surface area contributed by atoms with E-state index >= 15 is 0 Å². The van der Waals surface area contributed by atoms with Crippen molar-refractivity contribution in [2.45, 2.75) is 18.3 Å². The normalized spacial score (nSPS) is 14.6. The number of hydrogen-bond donors (Lipinski definition) is 3. The zero-order valence-corrected chi connectivity index (χ0v) is 14.0. The second kappa shape index (κ2) is 6.53. The van der Waals surface area contributed by atoms with Crippen LogP contribution in [0.1, 0.15) is 18.4 Å². The van der Waals surface area contributed by atoms with Gasteiger partial charge in [-0.05, 0) is 54.8 Å². The first-order valence-corrected chi connectivity index (χ1v) is 8.08. The number of amides is 3. The summed E-state index contributed by atoms with van der Waals surface area (Å²) in [5.41, 5.74) is 1.81. The van der Waals surface area contributed by atoms with Gasteiger partial charge in [-0.15, -0.1) is 0 Å². The van der Waals surface area contributed by atoms with E-state index in [9.17, 15) is 9.59 Å². The summed E-state index contributed by atoms with van der Waals surface area (Å²) >= 11 is 6.04. The van der Waals surface area contributed by atoms with Crippen LogP contribution in [0.2, 0.25) is 5.02 Å². The van der Waals surface area contributed by atoms with Crippen LogP contribution in [-0.4, -0.2) is 19.0 Å². The topological polar surface area (TPSA) is 70.2 Å². The Morgan fingerprint density at radius 2 is 1.62 bits per heavy atom. The molecule has 6 heteroatoms. The zero-order chi connectivity index (χ0) is 17.2. The molecule has 0 atom stereocenters. The number of anilines is 2. The minimum absolute atomic E-state index is 0.0308. The van der Waals surface area contributed by atoms with Gasteiger partial charge >= 0.3 is 6.03 Å². The molecule has 0 heterocycles. The van der Waals surface area contributed by atoms with Crippen molar-refractivity contribution in [3.8, 4) is 0 Å². The summed E-state index contributed by atoms with van der Waals surface area (Å²) in [7, 11) is 1.55. The lowest BCUT2D eigenvalue weighted by molar-refractivity contribution is -0.118. The maximum atomic E-state index is 12.7. The Morgan fingerprint density at radius 3 is 2.17 bits per heavy atom. The van der Waals surface area contributed by atoms with E-state index in [0.717, 1.165) is 18.4 Å². The van der Waals surface area contributed by atoms with Gasteiger partial charge < -0.3 is 16.0 Å². The molecule has 0 bridgehead atoms. The minimum atomic E-state index is -0.482. The molecule has 0 spiro atoms. The summed E-state index contributed by atoms with van der Waals surface area (Å²) in [5, 5.41) is 8.73. The van der Waals surface area contributed by atoms with E-state index < -0.39 is 5.41 Å². The second-order valence-corrected chi connectivity index (χ2v) is 6.26. The van der Waals surface area contributed by atoms with E-state index in [2.05, 4.69) is 16.0 Å². The Labute approximate surface area is 145 Å². The molecule has 3 N–H and O–H groups in total. The molecule has 0 saturated heterocycles. The molecule has 2 aromatic carbocycles. The van der Waals surface area contributed by atoms with Crippen molar-refractivity contribution in [1.29, 1.82) is 0 Å². The zero-order valence-electron chi connectivity index (χ0n) is 13.2. The molecule has 3 rings (SSSR count). The quantitative estimate of drug-likeness (QED) is 0.791. The molecule has 2 aromatic rings. The van der Waals surface area contributed by atoms with Crippen LogP contribution in [0, 0.1) is 0 Å². The molecule has 1 saturated carbocycles. The standard InChI is InChI=1S/C18H18ClN3O2/c1-20-17(24)22-15-7-5-14(6-8-15)21-16(23)18(9-10-18)12-3-2-4-13(19)11-12/h2-8,11H,9-10H2,1H3,(H,21,23)(H2,20,22,24). The average molecular weight is 344 g/mol. The van der Waals surface area contributed by atoms with Crippen molar-refractivity contribution in [2.75, 3.05) is 17.7 Å². The predicted octanol–water partition coefficient (Wildman–Crippen LogP) is 3.76. The van der Waals surface area contributed by atoms with Crippen LogP contribution in [0.4, 0.5) is 16.2 Å². The number of hydrogen-bond acceptors (Lipinski definition) is 2. The Kier molecular flexibility index (Phi) is 4.44. The molecule has 5 nitrogen and oxygen atoms in total. The molecule has 1 aliphatic rings. The maximum Gasteiger partial charge on any atom is 0.318 e. The van der Waals surface area contributed by atoms with Gasteiger partial charge in [-0.1, -0.05) is 23.7 Å². The first-order chi connectivity index (χ1) is 11.5. The summed E-state index contributed by atoms with van der Waals surface area (Å²) in [5.74, 6) is -0.0308. The molecular weight excluding hydrogens is 326 g/mol. The van der Waals surface area contributed by atoms with Crippen LogP contribution < -0.4 is 16.0 Å². The SMILES string of the molecule is CNC(=O)Nc1ccc(NC(=O)C2(c3cccc(Cl)c3)CC2)cc1. The molecule has 3 amide bonds. The maximum absolute atomic E-state index is 12.7. The monoisotopic (exact) mass is 343 g/mol. The first-order valence-electron chi connectivity index (χ1n) is 7.70. The van der Waals surface area contributed by atoms with Crippen LogP contribution in [0.5, 0.6) is 0 Å². The lowest BCUT2D eigenvalue weighted by Crippen LogP contribution is -2.27. The number of halogens is 1. The molecule has 24 heavy (non-hydrogen) atoms. The predicted molar refractivity (Wildman–Crippen MR) is 95.5 cm³/mol. The van der Waals surface area contributed by atoms with Crippen molar-refractivity contribution < 1.29 is 9.59 Å². The van der Waals surface area contributed by atoms with Gasteiger partial charge in [0.15, 0.2) is 0 Å². The number of benzene rings is 2. The van der Waals surface area contributed by atoms with E-state index in [1.54, 1.807) is 37.4 Å². The number of carbonyl (C=O) groups is 2. The molecule has 0 unspecified atom stereocenters. The minimum Gasteiger partial charge on any atom is -0.341 e. The van der Waals surface area contributed by atoms with Gasteiger partial charge in [0.05, 0.1) is 5.41 Å². The molecule has 0 aromatic heterocycles. The summed E-state index contributed by atoms with van der Waals surface area (Å²) < 4.78 is 0. The molecule has 124 valence electrons. The Morgan fingerprint density at radius 1 is 1.00 bits per heavy atom. The number of urea groups is 1. The fourth-order valence-corrected chi connectivity index (χ4v) is 2.83. The second-order valence-electron chi connectivity index (χ2n) is 5.83. The first kappa shape index (κ1) is 16.3. The Balaban J connectivity index is 1.70. The van der Waals surface area contributed by atoms with Gasteiger partial charge in [-0.3, -0.25) is 4.79 Å². The van der Waals surface area contributed by atoms with E-state index in [1.165, 1.54) is 0 Å². The smallest absolute Gasteiger partial charge is 0.318 e. The summed E-state index contributed by atoms with van der Waals surface area (Å²) in [6.07, 6.45) is 1.63. The third-order valence-electron chi connectivity index (χ3n) is 4.19. The third kappa shape index (κ3) is 3.36. The molecular formula is C18H18ClN3O2. The van der Waals surface area contributed by atoms with Gasteiger partial charge in [0.2, 0.25) is 5.91 Å². The highest BCUT2D eigenvalue weighted by molar-refractivity contribution is 6.30. The van der Waals surface area contributed by atoms with Crippen molar-refractivity contribution in [1.82, 2.24) is 5.32 Å². The highest BCUT2D eigenvalue weighted by Gasteiger charge is 2.51. The molecule has 1 fully saturated rings. The highest BCUT2D eigenvalue weighted by Crippen LogP contribution is 2.49. The summed E-state index contributed by atoms with van der Waals surface area (Å²) in [4.78, 5) is 23.9. The van der Waals surface area contributed by atoms with Crippen molar-refractivity contribution in [3.63, 3.8) is 0 Å². The van der Waals surface area contributed by atoms with Gasteiger partial charge in [0.25, 0.3) is 0 Å². The molecule has 1 aliphatic carbocycles. The number of rotatable bonds is 4. The summed E-state index contributed by atoms with van der Waals surface area (Å²) in [6.45, 7) is 0. The fourth-order valence-electron chi connectivity index (χ4n) is 2.64. The van der Waals surface area contributed by atoms with E-state index in [1.807, 2.05) is 18.2 Å². The summed E-state index contributed by atoms with van der Waals surface area (Å²) in [6, 6.07) is 14.2. The fraction of sp³-hybridized carbons (Fsp3) is 0.222. The van der Waals surface area contributed by atoms with Gasteiger partial charge in [-0.2, -0.15) is 0 Å². The number of carbonyl (C=O) groups excluding carboxylic acids is 2. The average Bonchev–Trinajstić information content (AvgIpc) is 3.38. The van der Waals surface area contributed by atoms with Crippen LogP contribution >= 0.6 is 11.6 Å². The van der Waals surface area contributed by atoms with E-state index in [4.69, 9.17) is 11.6 Å². The van der Waals surface area contributed by atoms with Crippen LogP contribution in [0.15, 0.2) is 48.5 Å². The van der Waals surface area contributed by atoms with E-state index in [0.29, 0.717) is 16.4 Å².